The summed E-state index contributed by atoms with van der Waals surface area (Å²) in [6.45, 7) is -0.450. The van der Waals surface area contributed by atoms with Gasteiger partial charge in [-0.05, 0) is 0 Å². The molecular formula is C6H11ClO5. The number of hydrogen-bond acceptors (Lipinski definition) is 5. The molecule has 1 heterocycles. The fourth-order valence-electron chi connectivity index (χ4n) is 1.06. The Morgan fingerprint density at radius 3 is 2.25 bits per heavy atom. The molecule has 0 unspecified atom stereocenters. The number of rotatable bonds is 1. The van der Waals surface area contributed by atoms with Crippen LogP contribution in [-0.2, 0) is 4.74 Å². The van der Waals surface area contributed by atoms with E-state index in [1.165, 1.54) is 0 Å². The van der Waals surface area contributed by atoms with Crippen molar-refractivity contribution in [3.63, 3.8) is 0 Å². The molecule has 1 saturated heterocycles. The summed E-state index contributed by atoms with van der Waals surface area (Å²) in [6, 6.07) is 0. The van der Waals surface area contributed by atoms with E-state index in [-0.39, 0.29) is 0 Å². The molecule has 0 aromatic heterocycles. The van der Waals surface area contributed by atoms with Crippen LogP contribution in [0.3, 0.4) is 0 Å². The van der Waals surface area contributed by atoms with Crippen LogP contribution in [0.1, 0.15) is 0 Å². The van der Waals surface area contributed by atoms with Gasteiger partial charge in [0.15, 0.2) is 6.29 Å². The lowest BCUT2D eigenvalue weighted by atomic mass is 10.0. The molecule has 5 atom stereocenters. The van der Waals surface area contributed by atoms with Crippen LogP contribution in [0.2, 0.25) is 0 Å². The van der Waals surface area contributed by atoms with E-state index in [1.54, 1.807) is 0 Å². The third-order valence-electron chi connectivity index (χ3n) is 1.82. The summed E-state index contributed by atoms with van der Waals surface area (Å²) in [5.41, 5.74) is 0. The highest BCUT2D eigenvalue weighted by molar-refractivity contribution is 6.21. The average Bonchev–Trinajstić information content (AvgIpc) is 2.08. The second-order valence-electron chi connectivity index (χ2n) is 2.67. The molecule has 0 saturated carbocycles. The summed E-state index contributed by atoms with van der Waals surface area (Å²) in [5.74, 6) is 0. The number of aliphatic hydroxyl groups is 4. The standard InChI is InChI=1S/C6H11ClO5/c7-3-4(9)2(1-8)12-6(11)5(3)10/h2-6,8-11H,1H2/t2-,3-,4-,5-,6-/m1/s1. The van der Waals surface area contributed by atoms with Gasteiger partial charge in [-0.25, -0.2) is 0 Å². The SMILES string of the molecule is OC[C@H]1O[C@@H](O)[C@H](O)[C@H](Cl)[C@@H]1O. The maximum atomic E-state index is 9.24. The van der Waals surface area contributed by atoms with Crippen LogP contribution in [-0.4, -0.2) is 57.0 Å². The lowest BCUT2D eigenvalue weighted by Crippen LogP contribution is -2.56. The molecule has 5 nitrogen and oxygen atoms in total. The largest absolute Gasteiger partial charge is 0.394 e. The van der Waals surface area contributed by atoms with Crippen molar-refractivity contribution >= 4 is 11.6 Å². The van der Waals surface area contributed by atoms with E-state index in [1.807, 2.05) is 0 Å². The molecule has 0 amide bonds. The van der Waals surface area contributed by atoms with Gasteiger partial charge in [0.25, 0.3) is 0 Å². The van der Waals surface area contributed by atoms with Gasteiger partial charge < -0.3 is 25.2 Å². The van der Waals surface area contributed by atoms with Crippen LogP contribution in [0.25, 0.3) is 0 Å². The number of alkyl halides is 1. The van der Waals surface area contributed by atoms with E-state index in [0.717, 1.165) is 0 Å². The average molecular weight is 199 g/mol. The third kappa shape index (κ3) is 1.71. The van der Waals surface area contributed by atoms with Gasteiger partial charge in [0.05, 0.1) is 12.0 Å². The summed E-state index contributed by atoms with van der Waals surface area (Å²) in [5, 5.41) is 34.9. The van der Waals surface area contributed by atoms with Gasteiger partial charge in [-0.1, -0.05) is 0 Å². The highest BCUT2D eigenvalue weighted by Crippen LogP contribution is 2.23. The highest BCUT2D eigenvalue weighted by Gasteiger charge is 2.42. The minimum absolute atomic E-state index is 0.450. The van der Waals surface area contributed by atoms with Crippen LogP contribution < -0.4 is 0 Å². The van der Waals surface area contributed by atoms with E-state index < -0.39 is 36.6 Å². The van der Waals surface area contributed by atoms with Gasteiger partial charge in [0.1, 0.15) is 18.3 Å². The first-order valence-electron chi connectivity index (χ1n) is 3.52. The minimum atomic E-state index is -1.45. The van der Waals surface area contributed by atoms with E-state index in [2.05, 4.69) is 4.74 Å². The Morgan fingerprint density at radius 1 is 1.17 bits per heavy atom. The zero-order valence-corrected chi connectivity index (χ0v) is 6.92. The molecule has 0 aromatic rings. The van der Waals surface area contributed by atoms with Crippen molar-refractivity contribution in [2.75, 3.05) is 6.61 Å². The molecule has 1 aliphatic heterocycles. The Hall–Kier alpha value is 0.0900. The minimum Gasteiger partial charge on any atom is -0.394 e. The Bertz CT molecular complexity index is 150. The van der Waals surface area contributed by atoms with Gasteiger partial charge in [0.2, 0.25) is 0 Å². The third-order valence-corrected chi connectivity index (χ3v) is 2.34. The van der Waals surface area contributed by atoms with Crippen molar-refractivity contribution in [1.29, 1.82) is 0 Å². The van der Waals surface area contributed by atoms with Crippen molar-refractivity contribution in [3.8, 4) is 0 Å². The van der Waals surface area contributed by atoms with E-state index in [4.69, 9.17) is 26.9 Å². The molecule has 1 fully saturated rings. The summed E-state index contributed by atoms with van der Waals surface area (Å²) in [6.07, 6.45) is -4.89. The predicted octanol–water partition coefficient (Wildman–Crippen LogP) is -1.97. The summed E-state index contributed by atoms with van der Waals surface area (Å²) >= 11 is 5.53. The van der Waals surface area contributed by atoms with Gasteiger partial charge >= 0.3 is 0 Å². The molecule has 1 rings (SSSR count). The molecule has 0 bridgehead atoms. The Labute approximate surface area is 74.2 Å². The summed E-state index contributed by atoms with van der Waals surface area (Å²) < 4.78 is 4.65. The molecule has 1 aliphatic rings. The maximum absolute atomic E-state index is 9.24. The first-order chi connectivity index (χ1) is 5.57. The second-order valence-corrected chi connectivity index (χ2v) is 3.18. The van der Waals surface area contributed by atoms with E-state index in [9.17, 15) is 5.11 Å². The first-order valence-corrected chi connectivity index (χ1v) is 3.96. The molecule has 0 aromatic carbocycles. The lowest BCUT2D eigenvalue weighted by molar-refractivity contribution is -0.249. The van der Waals surface area contributed by atoms with Crippen LogP contribution in [0.4, 0.5) is 0 Å². The fourth-order valence-corrected chi connectivity index (χ4v) is 1.34. The number of hydrogen-bond donors (Lipinski definition) is 4. The summed E-state index contributed by atoms with van der Waals surface area (Å²) in [7, 11) is 0. The van der Waals surface area contributed by atoms with Gasteiger partial charge in [-0.3, -0.25) is 0 Å². The molecule has 72 valence electrons. The Balaban J connectivity index is 2.63. The Kier molecular flexibility index (Phi) is 3.28. The summed E-state index contributed by atoms with van der Waals surface area (Å²) in [4.78, 5) is 0. The smallest absolute Gasteiger partial charge is 0.182 e. The van der Waals surface area contributed by atoms with Crippen molar-refractivity contribution < 1.29 is 25.2 Å². The number of halogens is 1. The fraction of sp³-hybridized carbons (Fsp3) is 1.00. The number of ether oxygens (including phenoxy) is 1. The molecule has 0 spiro atoms. The van der Waals surface area contributed by atoms with Gasteiger partial charge in [-0.2, -0.15) is 0 Å². The second kappa shape index (κ2) is 3.87. The quantitative estimate of drug-likeness (QED) is 0.367. The lowest BCUT2D eigenvalue weighted by Gasteiger charge is -2.37. The molecule has 6 heteroatoms. The molecular weight excluding hydrogens is 188 g/mol. The zero-order chi connectivity index (χ0) is 9.30. The van der Waals surface area contributed by atoms with Crippen LogP contribution >= 0.6 is 11.6 Å². The first kappa shape index (κ1) is 10.2. The van der Waals surface area contributed by atoms with Crippen molar-refractivity contribution in [3.05, 3.63) is 0 Å². The molecule has 4 N–H and O–H groups in total. The van der Waals surface area contributed by atoms with Crippen LogP contribution in [0.15, 0.2) is 0 Å². The van der Waals surface area contributed by atoms with Gasteiger partial charge in [0, 0.05) is 0 Å². The monoisotopic (exact) mass is 198 g/mol. The van der Waals surface area contributed by atoms with E-state index in [0.29, 0.717) is 0 Å². The van der Waals surface area contributed by atoms with Crippen LogP contribution in [0.5, 0.6) is 0 Å². The normalized spacial score (nSPS) is 49.2. The molecule has 0 radical (unpaired) electrons. The Morgan fingerprint density at radius 2 is 1.75 bits per heavy atom. The maximum Gasteiger partial charge on any atom is 0.182 e. The molecule has 12 heavy (non-hydrogen) atoms. The highest BCUT2D eigenvalue weighted by atomic mass is 35.5. The predicted molar refractivity (Wildman–Crippen MR) is 39.6 cm³/mol. The van der Waals surface area contributed by atoms with Gasteiger partial charge in [-0.15, -0.1) is 11.6 Å². The molecule has 0 aliphatic carbocycles. The van der Waals surface area contributed by atoms with Crippen LogP contribution in [0, 0.1) is 0 Å². The van der Waals surface area contributed by atoms with Crippen molar-refractivity contribution in [2.45, 2.75) is 30.0 Å². The van der Waals surface area contributed by atoms with Crippen molar-refractivity contribution in [1.82, 2.24) is 0 Å². The topological polar surface area (TPSA) is 90.2 Å². The zero-order valence-electron chi connectivity index (χ0n) is 6.17. The van der Waals surface area contributed by atoms with Crippen molar-refractivity contribution in [2.24, 2.45) is 0 Å². The number of aliphatic hydroxyl groups excluding tert-OH is 4. The van der Waals surface area contributed by atoms with E-state index >= 15 is 0 Å².